The first-order valence-electron chi connectivity index (χ1n) is 3.34. The number of aryl methyl sites for hydroxylation is 1. The van der Waals surface area contributed by atoms with E-state index in [0.29, 0.717) is 10.8 Å². The highest BCUT2D eigenvalue weighted by atomic mass is 79.9. The number of imidazole rings is 1. The number of aromatic nitrogens is 3. The van der Waals surface area contributed by atoms with Gasteiger partial charge in [0.15, 0.2) is 10.8 Å². The van der Waals surface area contributed by atoms with Crippen molar-refractivity contribution in [1.29, 1.82) is 0 Å². The predicted octanol–water partition coefficient (Wildman–Crippen LogP) is 2.45. The topological polar surface area (TPSA) is 30.2 Å². The van der Waals surface area contributed by atoms with Crippen LogP contribution in [0.25, 0.3) is 5.65 Å². The maximum Gasteiger partial charge on any atom is 0.175 e. The molecule has 0 saturated heterocycles. The van der Waals surface area contributed by atoms with E-state index < -0.39 is 0 Å². The van der Waals surface area contributed by atoms with Gasteiger partial charge >= 0.3 is 0 Å². The van der Waals surface area contributed by atoms with Crippen LogP contribution in [-0.2, 0) is 0 Å². The van der Waals surface area contributed by atoms with Gasteiger partial charge in [0, 0.05) is 11.9 Å². The largest absolute Gasteiger partial charge is 0.287 e. The fraction of sp³-hybridized carbons (Fsp3) is 0.143. The fourth-order valence-corrected chi connectivity index (χ4v) is 1.81. The summed E-state index contributed by atoms with van der Waals surface area (Å²) in [5.41, 5.74) is 1.68. The Morgan fingerprint density at radius 3 is 2.83 bits per heavy atom. The van der Waals surface area contributed by atoms with Gasteiger partial charge in [0.25, 0.3) is 0 Å². The second kappa shape index (κ2) is 2.71. The fourth-order valence-electron chi connectivity index (χ4n) is 1.08. The first kappa shape index (κ1) is 8.01. The molecular formula is C7H5BrClN3. The zero-order chi connectivity index (χ0) is 8.72. The number of hydrogen-bond acceptors (Lipinski definition) is 2. The molecule has 0 unspecified atom stereocenters. The van der Waals surface area contributed by atoms with Crippen molar-refractivity contribution in [3.63, 3.8) is 0 Å². The molecule has 0 aliphatic carbocycles. The molecule has 0 saturated carbocycles. The monoisotopic (exact) mass is 245 g/mol. The van der Waals surface area contributed by atoms with Crippen LogP contribution in [0.2, 0.25) is 5.15 Å². The van der Waals surface area contributed by atoms with E-state index in [0.717, 1.165) is 10.3 Å². The smallest absolute Gasteiger partial charge is 0.175 e. The first-order valence-corrected chi connectivity index (χ1v) is 4.51. The van der Waals surface area contributed by atoms with Gasteiger partial charge in [-0.25, -0.2) is 9.97 Å². The van der Waals surface area contributed by atoms with Crippen molar-refractivity contribution >= 4 is 33.2 Å². The number of hydrogen-bond donors (Lipinski definition) is 0. The van der Waals surface area contributed by atoms with E-state index in [1.54, 1.807) is 12.4 Å². The summed E-state index contributed by atoms with van der Waals surface area (Å²) in [5, 5.41) is 0.423. The zero-order valence-electron chi connectivity index (χ0n) is 6.25. The summed E-state index contributed by atoms with van der Waals surface area (Å²) in [6, 6.07) is 0. The van der Waals surface area contributed by atoms with Crippen molar-refractivity contribution in [3.8, 4) is 0 Å². The van der Waals surface area contributed by atoms with Gasteiger partial charge in [-0.1, -0.05) is 11.6 Å². The number of nitrogens with zero attached hydrogens (tertiary/aromatic N) is 3. The molecular weight excluding hydrogens is 241 g/mol. The molecule has 3 nitrogen and oxygen atoms in total. The Kier molecular flexibility index (Phi) is 1.81. The lowest BCUT2D eigenvalue weighted by Gasteiger charge is -2.00. The van der Waals surface area contributed by atoms with Gasteiger partial charge in [0.1, 0.15) is 4.60 Å². The van der Waals surface area contributed by atoms with Crippen LogP contribution in [0.4, 0.5) is 0 Å². The minimum Gasteiger partial charge on any atom is -0.287 e. The molecule has 0 aliphatic heterocycles. The Morgan fingerprint density at radius 1 is 1.42 bits per heavy atom. The molecule has 0 bridgehead atoms. The average molecular weight is 246 g/mol. The molecule has 5 heteroatoms. The number of rotatable bonds is 0. The third kappa shape index (κ3) is 1.03. The van der Waals surface area contributed by atoms with E-state index in [2.05, 4.69) is 25.9 Å². The summed E-state index contributed by atoms with van der Waals surface area (Å²) < 4.78 is 2.79. The molecule has 0 radical (unpaired) electrons. The molecule has 2 rings (SSSR count). The Balaban J connectivity index is 2.98. The van der Waals surface area contributed by atoms with Crippen LogP contribution in [0.15, 0.2) is 17.0 Å². The Labute approximate surface area is 82.5 Å². The summed E-state index contributed by atoms with van der Waals surface area (Å²) in [7, 11) is 0. The lowest BCUT2D eigenvalue weighted by molar-refractivity contribution is 1.03. The van der Waals surface area contributed by atoms with Crippen molar-refractivity contribution in [1.82, 2.24) is 14.4 Å². The third-order valence-electron chi connectivity index (χ3n) is 1.62. The third-order valence-corrected chi connectivity index (χ3v) is 2.45. The molecule has 0 aliphatic rings. The first-order chi connectivity index (χ1) is 5.70. The van der Waals surface area contributed by atoms with E-state index >= 15 is 0 Å². The molecule has 0 N–H and O–H groups in total. The van der Waals surface area contributed by atoms with E-state index in [1.807, 2.05) is 11.3 Å². The molecule has 0 amide bonds. The zero-order valence-corrected chi connectivity index (χ0v) is 8.59. The van der Waals surface area contributed by atoms with Crippen molar-refractivity contribution < 1.29 is 0 Å². The molecule has 0 spiro atoms. The normalized spacial score (nSPS) is 10.9. The van der Waals surface area contributed by atoms with Crippen LogP contribution in [0.1, 0.15) is 5.69 Å². The second-order valence-corrected chi connectivity index (χ2v) is 3.60. The summed E-state index contributed by atoms with van der Waals surface area (Å²) >= 11 is 9.19. The number of fused-ring (bicyclic) bond motifs is 1. The van der Waals surface area contributed by atoms with E-state index in [1.165, 1.54) is 0 Å². The predicted molar refractivity (Wildman–Crippen MR) is 50.4 cm³/mol. The van der Waals surface area contributed by atoms with Crippen LogP contribution in [0, 0.1) is 6.92 Å². The second-order valence-electron chi connectivity index (χ2n) is 2.43. The van der Waals surface area contributed by atoms with Gasteiger partial charge in [-0.2, -0.15) is 0 Å². The molecule has 2 aromatic rings. The highest BCUT2D eigenvalue weighted by Gasteiger charge is 2.06. The summed E-state index contributed by atoms with van der Waals surface area (Å²) in [4.78, 5) is 8.08. The lowest BCUT2D eigenvalue weighted by Crippen LogP contribution is -1.93. The lowest BCUT2D eigenvalue weighted by atomic mass is 10.5. The van der Waals surface area contributed by atoms with Crippen LogP contribution < -0.4 is 0 Å². The minimum atomic E-state index is 0.423. The Bertz CT molecular complexity index is 437. The molecule has 2 aromatic heterocycles. The van der Waals surface area contributed by atoms with Crippen molar-refractivity contribution in [3.05, 3.63) is 27.8 Å². The summed E-state index contributed by atoms with van der Waals surface area (Å²) in [5.74, 6) is 0. The average Bonchev–Trinajstić information content (AvgIpc) is 2.42. The molecule has 2 heterocycles. The standard InChI is InChI=1S/C7H5BrClN3/c1-4-2-10-6(9)7-11-3-5(8)12(4)7/h2-3H,1H3. The van der Waals surface area contributed by atoms with Crippen molar-refractivity contribution in [2.75, 3.05) is 0 Å². The van der Waals surface area contributed by atoms with E-state index in [4.69, 9.17) is 11.6 Å². The van der Waals surface area contributed by atoms with E-state index in [-0.39, 0.29) is 0 Å². The van der Waals surface area contributed by atoms with Gasteiger partial charge in [-0.3, -0.25) is 4.40 Å². The van der Waals surface area contributed by atoms with E-state index in [9.17, 15) is 0 Å². The van der Waals surface area contributed by atoms with Gasteiger partial charge in [-0.15, -0.1) is 0 Å². The van der Waals surface area contributed by atoms with Gasteiger partial charge in [-0.05, 0) is 22.9 Å². The quantitative estimate of drug-likeness (QED) is 0.715. The van der Waals surface area contributed by atoms with Crippen LogP contribution in [0.5, 0.6) is 0 Å². The van der Waals surface area contributed by atoms with Gasteiger partial charge < -0.3 is 0 Å². The minimum absolute atomic E-state index is 0.423. The van der Waals surface area contributed by atoms with Crippen LogP contribution in [-0.4, -0.2) is 14.4 Å². The van der Waals surface area contributed by atoms with Gasteiger partial charge in [0.05, 0.1) is 6.20 Å². The maximum atomic E-state index is 5.83. The van der Waals surface area contributed by atoms with Crippen molar-refractivity contribution in [2.24, 2.45) is 0 Å². The van der Waals surface area contributed by atoms with Crippen LogP contribution in [0.3, 0.4) is 0 Å². The highest BCUT2D eigenvalue weighted by Crippen LogP contribution is 2.19. The molecule has 0 aromatic carbocycles. The molecule has 0 atom stereocenters. The molecule has 0 fully saturated rings. The molecule has 62 valence electrons. The number of halogens is 2. The highest BCUT2D eigenvalue weighted by molar-refractivity contribution is 9.10. The maximum absolute atomic E-state index is 5.83. The summed E-state index contributed by atoms with van der Waals surface area (Å²) in [6.45, 7) is 1.95. The van der Waals surface area contributed by atoms with Gasteiger partial charge in [0.2, 0.25) is 0 Å². The van der Waals surface area contributed by atoms with Crippen LogP contribution >= 0.6 is 27.5 Å². The Hall–Kier alpha value is -0.610. The van der Waals surface area contributed by atoms with Crippen molar-refractivity contribution in [2.45, 2.75) is 6.92 Å². The SMILES string of the molecule is Cc1cnc(Cl)c2ncc(Br)n12. The Morgan fingerprint density at radius 2 is 2.17 bits per heavy atom. The molecule has 12 heavy (non-hydrogen) atoms. The summed E-state index contributed by atoms with van der Waals surface area (Å²) in [6.07, 6.45) is 3.41.